The van der Waals surface area contributed by atoms with E-state index < -0.39 is 23.7 Å². The summed E-state index contributed by atoms with van der Waals surface area (Å²) in [4.78, 5) is 21.8. The smallest absolute Gasteiger partial charge is 0.327 e. The first-order valence-electron chi connectivity index (χ1n) is 5.70. The van der Waals surface area contributed by atoms with Crippen LogP contribution in [0, 0.1) is 17.1 Å². The van der Waals surface area contributed by atoms with Crippen LogP contribution in [0.2, 0.25) is 0 Å². The SMILES string of the molecule is CC(=O)N[C@@H](CSCc1ccc(F)c(C#N)c1)C(=O)O. The predicted molar refractivity (Wildman–Crippen MR) is 72.5 cm³/mol. The number of nitriles is 1. The maximum absolute atomic E-state index is 13.1. The summed E-state index contributed by atoms with van der Waals surface area (Å²) in [6.45, 7) is 1.25. The Morgan fingerprint density at radius 1 is 1.55 bits per heavy atom. The zero-order chi connectivity index (χ0) is 15.1. The predicted octanol–water partition coefficient (Wildman–Crippen LogP) is 1.52. The van der Waals surface area contributed by atoms with Crippen LogP contribution in [-0.2, 0) is 15.3 Å². The van der Waals surface area contributed by atoms with Crippen molar-refractivity contribution in [3.8, 4) is 6.07 Å². The number of amides is 1. The number of nitrogens with zero attached hydrogens (tertiary/aromatic N) is 1. The van der Waals surface area contributed by atoms with Gasteiger partial charge in [0.2, 0.25) is 5.91 Å². The van der Waals surface area contributed by atoms with E-state index in [9.17, 15) is 14.0 Å². The van der Waals surface area contributed by atoms with Gasteiger partial charge in [0.25, 0.3) is 0 Å². The van der Waals surface area contributed by atoms with Gasteiger partial charge in [-0.2, -0.15) is 17.0 Å². The molecule has 106 valence electrons. The van der Waals surface area contributed by atoms with Gasteiger partial charge in [-0.25, -0.2) is 9.18 Å². The first kappa shape index (κ1) is 16.0. The van der Waals surface area contributed by atoms with E-state index in [1.54, 1.807) is 6.07 Å². The number of nitrogens with one attached hydrogen (secondary N) is 1. The molecule has 1 amide bonds. The molecule has 5 nitrogen and oxygen atoms in total. The average molecular weight is 296 g/mol. The molecule has 0 fully saturated rings. The molecule has 0 aliphatic heterocycles. The molecule has 0 radical (unpaired) electrons. The Balaban J connectivity index is 2.57. The molecule has 0 spiro atoms. The van der Waals surface area contributed by atoms with Gasteiger partial charge in [-0.05, 0) is 17.7 Å². The van der Waals surface area contributed by atoms with Crippen LogP contribution in [0.4, 0.5) is 4.39 Å². The van der Waals surface area contributed by atoms with Crippen molar-refractivity contribution in [1.82, 2.24) is 5.32 Å². The second kappa shape index (κ2) is 7.50. The zero-order valence-electron chi connectivity index (χ0n) is 10.7. The van der Waals surface area contributed by atoms with Crippen molar-refractivity contribution >= 4 is 23.6 Å². The highest BCUT2D eigenvalue weighted by Crippen LogP contribution is 2.16. The Bertz CT molecular complexity index is 557. The second-order valence-corrected chi connectivity index (χ2v) is 5.06. The molecule has 0 saturated heterocycles. The largest absolute Gasteiger partial charge is 0.480 e. The molecular formula is C13H13FN2O3S. The van der Waals surface area contributed by atoms with Gasteiger partial charge >= 0.3 is 5.97 Å². The lowest BCUT2D eigenvalue weighted by Crippen LogP contribution is -2.41. The van der Waals surface area contributed by atoms with Gasteiger partial charge in [0.1, 0.15) is 17.9 Å². The van der Waals surface area contributed by atoms with Crippen molar-refractivity contribution in [2.24, 2.45) is 0 Å². The molecule has 0 heterocycles. The van der Waals surface area contributed by atoms with E-state index in [1.165, 1.54) is 36.9 Å². The molecule has 7 heteroatoms. The van der Waals surface area contributed by atoms with Crippen LogP contribution in [0.1, 0.15) is 18.1 Å². The van der Waals surface area contributed by atoms with Gasteiger partial charge in [0.15, 0.2) is 0 Å². The van der Waals surface area contributed by atoms with E-state index in [-0.39, 0.29) is 11.3 Å². The standard InChI is InChI=1S/C13H13FN2O3S/c1-8(17)16-12(13(18)19)7-20-6-9-2-3-11(14)10(4-9)5-15/h2-4,12H,6-7H2,1H3,(H,16,17)(H,18,19)/t12-/m0/s1. The lowest BCUT2D eigenvalue weighted by Gasteiger charge is -2.12. The molecule has 0 aromatic heterocycles. The number of carbonyl (C=O) groups is 2. The molecule has 20 heavy (non-hydrogen) atoms. The van der Waals surface area contributed by atoms with E-state index in [4.69, 9.17) is 10.4 Å². The van der Waals surface area contributed by atoms with E-state index in [2.05, 4.69) is 5.32 Å². The van der Waals surface area contributed by atoms with Crippen LogP contribution >= 0.6 is 11.8 Å². The number of thioether (sulfide) groups is 1. The molecular weight excluding hydrogens is 283 g/mol. The summed E-state index contributed by atoms with van der Waals surface area (Å²) in [5.74, 6) is -1.48. The summed E-state index contributed by atoms with van der Waals surface area (Å²) in [5.41, 5.74) is 0.680. The number of halogens is 1. The lowest BCUT2D eigenvalue weighted by atomic mass is 10.1. The number of hydrogen-bond acceptors (Lipinski definition) is 4. The van der Waals surface area contributed by atoms with Gasteiger partial charge in [-0.1, -0.05) is 6.07 Å². The molecule has 1 aromatic carbocycles. The van der Waals surface area contributed by atoms with Gasteiger partial charge in [0, 0.05) is 18.4 Å². The van der Waals surface area contributed by atoms with E-state index in [0.717, 1.165) is 5.56 Å². The van der Waals surface area contributed by atoms with E-state index in [0.29, 0.717) is 5.75 Å². The molecule has 1 rings (SSSR count). The number of aliphatic carboxylic acids is 1. The maximum atomic E-state index is 13.1. The third-order valence-corrected chi connectivity index (χ3v) is 3.49. The Hall–Kier alpha value is -2.07. The number of carboxylic acid groups (broad SMARTS) is 1. The highest BCUT2D eigenvalue weighted by Gasteiger charge is 2.18. The number of carbonyl (C=O) groups excluding carboxylic acids is 1. The number of hydrogen-bond donors (Lipinski definition) is 2. The number of carboxylic acids is 1. The Morgan fingerprint density at radius 2 is 2.25 bits per heavy atom. The first-order valence-corrected chi connectivity index (χ1v) is 6.85. The minimum absolute atomic E-state index is 0.0419. The maximum Gasteiger partial charge on any atom is 0.327 e. The van der Waals surface area contributed by atoms with Gasteiger partial charge in [-0.15, -0.1) is 0 Å². The van der Waals surface area contributed by atoms with Crippen LogP contribution in [0.5, 0.6) is 0 Å². The van der Waals surface area contributed by atoms with Gasteiger partial charge < -0.3 is 10.4 Å². The highest BCUT2D eigenvalue weighted by atomic mass is 32.2. The van der Waals surface area contributed by atoms with Crippen molar-refractivity contribution < 1.29 is 19.1 Å². The van der Waals surface area contributed by atoms with Crippen LogP contribution in [-0.4, -0.2) is 28.8 Å². The summed E-state index contributed by atoms with van der Waals surface area (Å²) >= 11 is 1.28. The zero-order valence-corrected chi connectivity index (χ0v) is 11.5. The second-order valence-electron chi connectivity index (χ2n) is 4.03. The summed E-state index contributed by atoms with van der Waals surface area (Å²) in [5, 5.41) is 19.9. The molecule has 0 unspecified atom stereocenters. The van der Waals surface area contributed by atoms with Gasteiger partial charge in [-0.3, -0.25) is 4.79 Å². The summed E-state index contributed by atoms with van der Waals surface area (Å²) < 4.78 is 13.1. The fraction of sp³-hybridized carbons (Fsp3) is 0.308. The van der Waals surface area contributed by atoms with E-state index >= 15 is 0 Å². The quantitative estimate of drug-likeness (QED) is 0.830. The fourth-order valence-corrected chi connectivity index (χ4v) is 2.46. The highest BCUT2D eigenvalue weighted by molar-refractivity contribution is 7.98. The molecule has 0 aliphatic rings. The van der Waals surface area contributed by atoms with Crippen LogP contribution in [0.15, 0.2) is 18.2 Å². The molecule has 0 saturated carbocycles. The van der Waals surface area contributed by atoms with E-state index in [1.807, 2.05) is 0 Å². The lowest BCUT2D eigenvalue weighted by molar-refractivity contribution is -0.140. The Kier molecular flexibility index (Phi) is 6.00. The average Bonchev–Trinajstić information content (AvgIpc) is 2.38. The molecule has 0 aliphatic carbocycles. The molecule has 1 aromatic rings. The van der Waals surface area contributed by atoms with Crippen LogP contribution in [0.3, 0.4) is 0 Å². The van der Waals surface area contributed by atoms with Gasteiger partial charge in [0.05, 0.1) is 5.56 Å². The monoisotopic (exact) mass is 296 g/mol. The normalized spacial score (nSPS) is 11.4. The topological polar surface area (TPSA) is 90.2 Å². The molecule has 0 bridgehead atoms. The Labute approximate surface area is 119 Å². The van der Waals surface area contributed by atoms with Crippen LogP contribution in [0.25, 0.3) is 0 Å². The molecule has 2 N–H and O–H groups in total. The molecule has 1 atom stereocenters. The summed E-state index contributed by atoms with van der Waals surface area (Å²) in [6.07, 6.45) is 0. The van der Waals surface area contributed by atoms with Crippen molar-refractivity contribution in [3.63, 3.8) is 0 Å². The minimum Gasteiger partial charge on any atom is -0.480 e. The van der Waals surface area contributed by atoms with Crippen molar-refractivity contribution in [2.75, 3.05) is 5.75 Å². The van der Waals surface area contributed by atoms with Crippen molar-refractivity contribution in [2.45, 2.75) is 18.7 Å². The fourth-order valence-electron chi connectivity index (χ4n) is 1.46. The number of benzene rings is 1. The summed E-state index contributed by atoms with van der Waals surface area (Å²) in [6, 6.07) is 4.95. The minimum atomic E-state index is -1.11. The Morgan fingerprint density at radius 3 is 2.80 bits per heavy atom. The third kappa shape index (κ3) is 4.90. The summed E-state index contributed by atoms with van der Waals surface area (Å²) in [7, 11) is 0. The first-order chi connectivity index (χ1) is 9.43. The van der Waals surface area contributed by atoms with Crippen molar-refractivity contribution in [3.05, 3.63) is 35.1 Å². The van der Waals surface area contributed by atoms with Crippen molar-refractivity contribution in [1.29, 1.82) is 5.26 Å². The third-order valence-electron chi connectivity index (χ3n) is 2.38. The number of rotatable bonds is 6. The van der Waals surface area contributed by atoms with Crippen LogP contribution < -0.4 is 5.32 Å².